The summed E-state index contributed by atoms with van der Waals surface area (Å²) >= 11 is 0. The van der Waals surface area contributed by atoms with Crippen LogP contribution in [0.2, 0.25) is 0 Å². The molecule has 4 rings (SSSR count). The van der Waals surface area contributed by atoms with Crippen LogP contribution in [0.25, 0.3) is 5.78 Å². The molecule has 1 aliphatic carbocycles. The minimum atomic E-state index is -0.0325. The Labute approximate surface area is 168 Å². The van der Waals surface area contributed by atoms with Crippen LogP contribution in [0, 0.1) is 19.8 Å². The van der Waals surface area contributed by atoms with Crippen LogP contribution in [0.5, 0.6) is 0 Å². The highest BCUT2D eigenvalue weighted by Gasteiger charge is 2.29. The zero-order valence-corrected chi connectivity index (χ0v) is 16.6. The zero-order valence-electron chi connectivity index (χ0n) is 16.6. The molecule has 2 heterocycles. The first-order chi connectivity index (χ1) is 14.0. The molecule has 0 unspecified atom stereocenters. The number of carbonyl (C=O) groups is 2. The van der Waals surface area contributed by atoms with Crippen molar-refractivity contribution in [3.8, 4) is 0 Å². The molecule has 2 amide bonds. The molecule has 0 atom stereocenters. The summed E-state index contributed by atoms with van der Waals surface area (Å²) in [6.45, 7) is 4.31. The molecule has 29 heavy (non-hydrogen) atoms. The van der Waals surface area contributed by atoms with Crippen LogP contribution >= 0.6 is 0 Å². The summed E-state index contributed by atoms with van der Waals surface area (Å²) in [5, 5.41) is 10.1. The van der Waals surface area contributed by atoms with Gasteiger partial charge in [0.2, 0.25) is 11.8 Å². The van der Waals surface area contributed by atoms with E-state index in [9.17, 15) is 9.59 Å². The van der Waals surface area contributed by atoms with Gasteiger partial charge in [-0.05, 0) is 56.4 Å². The molecule has 1 fully saturated rings. The van der Waals surface area contributed by atoms with E-state index in [0.29, 0.717) is 25.2 Å². The minimum absolute atomic E-state index is 0.0325. The lowest BCUT2D eigenvalue weighted by molar-refractivity contribution is -0.121. The van der Waals surface area contributed by atoms with Crippen molar-refractivity contribution in [1.82, 2.24) is 24.9 Å². The topological polar surface area (TPSA) is 101 Å². The van der Waals surface area contributed by atoms with Gasteiger partial charge in [-0.25, -0.2) is 9.50 Å². The van der Waals surface area contributed by atoms with Crippen molar-refractivity contribution in [2.24, 2.45) is 5.92 Å². The van der Waals surface area contributed by atoms with Crippen molar-refractivity contribution < 1.29 is 9.59 Å². The standard InChI is InChI=1S/C21H24N6O2/c1-13-18(14(2)27-21(25-13)23-12-24-27)8-9-19(28)22-11-15-4-3-5-17(10-15)26-20(29)16-6-7-16/h3-5,10,12,16H,6-9,11H2,1-2H3,(H,22,28)(H,26,29). The second-order valence-electron chi connectivity index (χ2n) is 7.47. The molecule has 8 heteroatoms. The molecule has 8 nitrogen and oxygen atoms in total. The number of hydrogen-bond acceptors (Lipinski definition) is 5. The molecule has 0 saturated heterocycles. The number of aromatic nitrogens is 4. The number of amides is 2. The summed E-state index contributed by atoms with van der Waals surface area (Å²) in [5.41, 5.74) is 4.56. The highest BCUT2D eigenvalue weighted by atomic mass is 16.2. The van der Waals surface area contributed by atoms with Gasteiger partial charge in [0.1, 0.15) is 6.33 Å². The highest BCUT2D eigenvalue weighted by Crippen LogP contribution is 2.30. The molecule has 1 aliphatic rings. The van der Waals surface area contributed by atoms with Crippen molar-refractivity contribution in [1.29, 1.82) is 0 Å². The van der Waals surface area contributed by atoms with Gasteiger partial charge >= 0.3 is 0 Å². The van der Waals surface area contributed by atoms with Crippen LogP contribution in [0.1, 0.15) is 41.8 Å². The second-order valence-corrected chi connectivity index (χ2v) is 7.47. The molecule has 3 aromatic rings. The van der Waals surface area contributed by atoms with E-state index in [1.807, 2.05) is 38.1 Å². The Morgan fingerprint density at radius 3 is 2.86 bits per heavy atom. The van der Waals surface area contributed by atoms with E-state index in [0.717, 1.165) is 41.0 Å². The number of rotatable bonds is 7. The third-order valence-corrected chi connectivity index (χ3v) is 5.22. The first-order valence-corrected chi connectivity index (χ1v) is 9.83. The smallest absolute Gasteiger partial charge is 0.252 e. The molecular formula is C21H24N6O2. The number of carbonyl (C=O) groups excluding carboxylic acids is 2. The lowest BCUT2D eigenvalue weighted by Gasteiger charge is -2.11. The molecule has 150 valence electrons. The third-order valence-electron chi connectivity index (χ3n) is 5.22. The van der Waals surface area contributed by atoms with E-state index >= 15 is 0 Å². The average molecular weight is 392 g/mol. The maximum absolute atomic E-state index is 12.4. The Morgan fingerprint density at radius 1 is 1.24 bits per heavy atom. The number of nitrogens with one attached hydrogen (secondary N) is 2. The first-order valence-electron chi connectivity index (χ1n) is 9.83. The molecule has 1 saturated carbocycles. The van der Waals surface area contributed by atoms with Crippen molar-refractivity contribution in [2.45, 2.75) is 46.1 Å². The van der Waals surface area contributed by atoms with Gasteiger partial charge in [-0.15, -0.1) is 0 Å². The van der Waals surface area contributed by atoms with Gasteiger partial charge in [0.05, 0.1) is 0 Å². The van der Waals surface area contributed by atoms with Crippen LogP contribution in [-0.2, 0) is 22.6 Å². The molecular weight excluding hydrogens is 368 g/mol. The van der Waals surface area contributed by atoms with Crippen LogP contribution in [0.15, 0.2) is 30.6 Å². The predicted molar refractivity (Wildman–Crippen MR) is 108 cm³/mol. The van der Waals surface area contributed by atoms with E-state index in [4.69, 9.17) is 0 Å². The fourth-order valence-electron chi connectivity index (χ4n) is 3.39. The Bertz CT molecular complexity index is 1070. The Balaban J connectivity index is 1.32. The Hall–Kier alpha value is -3.29. The number of anilines is 1. The molecule has 0 radical (unpaired) electrons. The van der Waals surface area contributed by atoms with Crippen molar-refractivity contribution in [2.75, 3.05) is 5.32 Å². The highest BCUT2D eigenvalue weighted by molar-refractivity contribution is 5.94. The van der Waals surface area contributed by atoms with E-state index in [1.54, 1.807) is 4.52 Å². The maximum Gasteiger partial charge on any atom is 0.252 e. The van der Waals surface area contributed by atoms with Crippen LogP contribution in [0.3, 0.4) is 0 Å². The van der Waals surface area contributed by atoms with Gasteiger partial charge in [-0.3, -0.25) is 9.59 Å². The number of benzene rings is 1. The average Bonchev–Trinajstić information content (AvgIpc) is 3.45. The molecule has 2 aromatic heterocycles. The Morgan fingerprint density at radius 2 is 2.07 bits per heavy atom. The van der Waals surface area contributed by atoms with Crippen LogP contribution in [-0.4, -0.2) is 31.4 Å². The summed E-state index contributed by atoms with van der Waals surface area (Å²) < 4.78 is 1.70. The molecule has 0 spiro atoms. The lowest BCUT2D eigenvalue weighted by Crippen LogP contribution is -2.23. The van der Waals surface area contributed by atoms with Crippen LogP contribution < -0.4 is 10.6 Å². The summed E-state index contributed by atoms with van der Waals surface area (Å²) in [4.78, 5) is 32.8. The second kappa shape index (κ2) is 7.98. The van der Waals surface area contributed by atoms with Gasteiger partial charge in [0, 0.05) is 36.0 Å². The summed E-state index contributed by atoms with van der Waals surface area (Å²) in [6, 6.07) is 7.58. The van der Waals surface area contributed by atoms with E-state index < -0.39 is 0 Å². The number of fused-ring (bicyclic) bond motifs is 1. The molecule has 2 N–H and O–H groups in total. The molecule has 0 aliphatic heterocycles. The largest absolute Gasteiger partial charge is 0.352 e. The number of hydrogen-bond donors (Lipinski definition) is 2. The maximum atomic E-state index is 12.4. The van der Waals surface area contributed by atoms with E-state index in [1.165, 1.54) is 6.33 Å². The quantitative estimate of drug-likeness (QED) is 0.643. The monoisotopic (exact) mass is 392 g/mol. The SMILES string of the molecule is Cc1nc2ncnn2c(C)c1CCC(=O)NCc1cccc(NC(=O)C2CC2)c1. The Kier molecular flexibility index (Phi) is 5.24. The third kappa shape index (κ3) is 4.42. The number of nitrogens with zero attached hydrogens (tertiary/aromatic N) is 4. The summed E-state index contributed by atoms with van der Waals surface area (Å²) in [5.74, 6) is 0.781. The molecule has 1 aromatic carbocycles. The van der Waals surface area contributed by atoms with Gasteiger partial charge in [0.15, 0.2) is 0 Å². The van der Waals surface area contributed by atoms with Crippen molar-refractivity contribution in [3.63, 3.8) is 0 Å². The van der Waals surface area contributed by atoms with Gasteiger partial charge in [0.25, 0.3) is 5.78 Å². The van der Waals surface area contributed by atoms with Crippen molar-refractivity contribution >= 4 is 23.3 Å². The summed E-state index contributed by atoms with van der Waals surface area (Å²) in [6.07, 6.45) is 4.37. The van der Waals surface area contributed by atoms with Crippen LogP contribution in [0.4, 0.5) is 5.69 Å². The fourth-order valence-corrected chi connectivity index (χ4v) is 3.39. The molecule has 0 bridgehead atoms. The fraction of sp³-hybridized carbons (Fsp3) is 0.381. The van der Waals surface area contributed by atoms with Crippen molar-refractivity contribution in [3.05, 3.63) is 53.1 Å². The van der Waals surface area contributed by atoms with Gasteiger partial charge in [-0.2, -0.15) is 10.1 Å². The van der Waals surface area contributed by atoms with E-state index in [-0.39, 0.29) is 17.7 Å². The number of aryl methyl sites for hydroxylation is 2. The predicted octanol–water partition coefficient (Wildman–Crippen LogP) is 2.34. The summed E-state index contributed by atoms with van der Waals surface area (Å²) in [7, 11) is 0. The first kappa shape index (κ1) is 19.0. The van der Waals surface area contributed by atoms with E-state index in [2.05, 4.69) is 25.7 Å². The minimum Gasteiger partial charge on any atom is -0.352 e. The van der Waals surface area contributed by atoms with Gasteiger partial charge < -0.3 is 10.6 Å². The van der Waals surface area contributed by atoms with Gasteiger partial charge in [-0.1, -0.05) is 12.1 Å². The normalized spacial score (nSPS) is 13.4. The zero-order chi connectivity index (χ0) is 20.4. The lowest BCUT2D eigenvalue weighted by atomic mass is 10.1.